The van der Waals surface area contributed by atoms with Crippen molar-refractivity contribution in [2.75, 3.05) is 18.4 Å². The first-order valence-electron chi connectivity index (χ1n) is 7.55. The second-order valence-electron chi connectivity index (χ2n) is 6.04. The standard InChI is InChI=1S/C16H23N3O/c1-11-14(16(17)20)5-2-6-15(11)18-12-7-9-19-8-3-4-13(19)10-12/h2,5-6,12-13,18H,3-4,7-10H2,1H3,(H2,17,20). The number of hydrogen-bond donors (Lipinski definition) is 2. The van der Waals surface area contributed by atoms with Gasteiger partial charge in [-0.25, -0.2) is 0 Å². The molecule has 2 unspecified atom stereocenters. The number of rotatable bonds is 3. The van der Waals surface area contributed by atoms with E-state index in [1.807, 2.05) is 19.1 Å². The maximum absolute atomic E-state index is 11.4. The summed E-state index contributed by atoms with van der Waals surface area (Å²) in [5.41, 5.74) is 8.05. The van der Waals surface area contributed by atoms with Gasteiger partial charge in [0.1, 0.15) is 0 Å². The molecule has 2 atom stereocenters. The summed E-state index contributed by atoms with van der Waals surface area (Å²) in [6.07, 6.45) is 5.06. The van der Waals surface area contributed by atoms with Crippen molar-refractivity contribution in [3.05, 3.63) is 29.3 Å². The van der Waals surface area contributed by atoms with Gasteiger partial charge in [-0.1, -0.05) is 6.07 Å². The number of hydrogen-bond acceptors (Lipinski definition) is 3. The molecule has 4 nitrogen and oxygen atoms in total. The first-order chi connectivity index (χ1) is 9.65. The molecule has 108 valence electrons. The molecule has 2 saturated heterocycles. The third-order valence-corrected chi connectivity index (χ3v) is 4.78. The predicted molar refractivity (Wildman–Crippen MR) is 80.9 cm³/mol. The minimum Gasteiger partial charge on any atom is -0.382 e. The van der Waals surface area contributed by atoms with Crippen LogP contribution in [0.1, 0.15) is 41.6 Å². The maximum atomic E-state index is 11.4. The molecule has 3 N–H and O–H groups in total. The van der Waals surface area contributed by atoms with Gasteiger partial charge >= 0.3 is 0 Å². The monoisotopic (exact) mass is 273 g/mol. The van der Waals surface area contributed by atoms with Gasteiger partial charge in [-0.2, -0.15) is 0 Å². The Morgan fingerprint density at radius 3 is 3.00 bits per heavy atom. The van der Waals surface area contributed by atoms with E-state index in [1.54, 1.807) is 6.07 Å². The Labute approximate surface area is 120 Å². The van der Waals surface area contributed by atoms with Crippen LogP contribution in [0.15, 0.2) is 18.2 Å². The number of primary amides is 1. The summed E-state index contributed by atoms with van der Waals surface area (Å²) < 4.78 is 0. The zero-order valence-electron chi connectivity index (χ0n) is 12.1. The van der Waals surface area contributed by atoms with Crippen LogP contribution < -0.4 is 11.1 Å². The first-order valence-corrected chi connectivity index (χ1v) is 7.55. The van der Waals surface area contributed by atoms with Crippen LogP contribution in [0.4, 0.5) is 5.69 Å². The molecule has 0 spiro atoms. The average Bonchev–Trinajstić information content (AvgIpc) is 2.88. The quantitative estimate of drug-likeness (QED) is 0.887. The molecule has 1 aromatic rings. The van der Waals surface area contributed by atoms with E-state index in [0.29, 0.717) is 11.6 Å². The van der Waals surface area contributed by atoms with E-state index >= 15 is 0 Å². The lowest BCUT2D eigenvalue weighted by molar-refractivity contribution is 0.0999. The molecular weight excluding hydrogens is 250 g/mol. The molecule has 4 heteroatoms. The lowest BCUT2D eigenvalue weighted by atomic mass is 9.96. The summed E-state index contributed by atoms with van der Waals surface area (Å²) in [5, 5.41) is 3.62. The van der Waals surface area contributed by atoms with Crippen LogP contribution in [-0.2, 0) is 0 Å². The van der Waals surface area contributed by atoms with Crippen molar-refractivity contribution < 1.29 is 4.79 Å². The number of fused-ring (bicyclic) bond motifs is 1. The molecule has 3 rings (SSSR count). The van der Waals surface area contributed by atoms with E-state index in [0.717, 1.165) is 17.3 Å². The third kappa shape index (κ3) is 2.52. The fraction of sp³-hybridized carbons (Fsp3) is 0.562. The van der Waals surface area contributed by atoms with Crippen molar-refractivity contribution >= 4 is 11.6 Å². The Kier molecular flexibility index (Phi) is 3.66. The Balaban J connectivity index is 1.72. The second kappa shape index (κ2) is 5.44. The fourth-order valence-electron chi connectivity index (χ4n) is 3.63. The largest absolute Gasteiger partial charge is 0.382 e. The van der Waals surface area contributed by atoms with E-state index in [9.17, 15) is 4.79 Å². The smallest absolute Gasteiger partial charge is 0.249 e. The van der Waals surface area contributed by atoms with Gasteiger partial charge in [-0.3, -0.25) is 4.79 Å². The van der Waals surface area contributed by atoms with E-state index in [-0.39, 0.29) is 5.91 Å². The summed E-state index contributed by atoms with van der Waals surface area (Å²) in [6.45, 7) is 4.43. The van der Waals surface area contributed by atoms with E-state index < -0.39 is 0 Å². The fourth-order valence-corrected chi connectivity index (χ4v) is 3.63. The molecule has 1 amide bonds. The highest BCUT2D eigenvalue weighted by molar-refractivity contribution is 5.95. The van der Waals surface area contributed by atoms with Gasteiger partial charge in [0.25, 0.3) is 0 Å². The van der Waals surface area contributed by atoms with Crippen LogP contribution in [0, 0.1) is 6.92 Å². The molecule has 2 aliphatic heterocycles. The van der Waals surface area contributed by atoms with Crippen molar-refractivity contribution in [3.63, 3.8) is 0 Å². The Hall–Kier alpha value is -1.55. The highest BCUT2D eigenvalue weighted by Gasteiger charge is 2.31. The molecule has 0 aliphatic carbocycles. The van der Waals surface area contributed by atoms with Crippen LogP contribution in [0.2, 0.25) is 0 Å². The van der Waals surface area contributed by atoms with Gasteiger partial charge in [-0.05, 0) is 56.8 Å². The predicted octanol–water partition coefficient (Wildman–Crippen LogP) is 2.13. The molecule has 20 heavy (non-hydrogen) atoms. The van der Waals surface area contributed by atoms with Crippen LogP contribution >= 0.6 is 0 Å². The van der Waals surface area contributed by atoms with Crippen LogP contribution in [0.3, 0.4) is 0 Å². The number of benzene rings is 1. The summed E-state index contributed by atoms with van der Waals surface area (Å²) in [7, 11) is 0. The van der Waals surface area contributed by atoms with Gasteiger partial charge in [0.05, 0.1) is 0 Å². The van der Waals surface area contributed by atoms with Crippen molar-refractivity contribution in [2.24, 2.45) is 5.73 Å². The summed E-state index contributed by atoms with van der Waals surface area (Å²) in [5.74, 6) is -0.350. The van der Waals surface area contributed by atoms with Gasteiger partial charge in [0.2, 0.25) is 5.91 Å². The lowest BCUT2D eigenvalue weighted by Crippen LogP contribution is -2.42. The van der Waals surface area contributed by atoms with Gasteiger partial charge in [0, 0.05) is 29.9 Å². The Bertz CT molecular complexity index is 514. The van der Waals surface area contributed by atoms with Crippen LogP contribution in [0.5, 0.6) is 0 Å². The topological polar surface area (TPSA) is 58.4 Å². The second-order valence-corrected chi connectivity index (χ2v) is 6.04. The minimum absolute atomic E-state index is 0.350. The molecule has 0 saturated carbocycles. The number of carbonyl (C=O) groups is 1. The Morgan fingerprint density at radius 2 is 2.20 bits per heavy atom. The Morgan fingerprint density at radius 1 is 1.35 bits per heavy atom. The van der Waals surface area contributed by atoms with Crippen molar-refractivity contribution in [3.8, 4) is 0 Å². The number of piperidine rings is 1. The normalized spacial score (nSPS) is 26.2. The zero-order valence-corrected chi connectivity index (χ0v) is 12.1. The van der Waals surface area contributed by atoms with E-state index in [2.05, 4.69) is 10.2 Å². The van der Waals surface area contributed by atoms with E-state index in [1.165, 1.54) is 38.8 Å². The van der Waals surface area contributed by atoms with Crippen molar-refractivity contribution in [1.82, 2.24) is 4.90 Å². The minimum atomic E-state index is -0.350. The van der Waals surface area contributed by atoms with Crippen LogP contribution in [-0.4, -0.2) is 36.0 Å². The highest BCUT2D eigenvalue weighted by Crippen LogP contribution is 2.29. The van der Waals surface area contributed by atoms with Crippen molar-refractivity contribution in [2.45, 2.75) is 44.7 Å². The molecule has 0 bridgehead atoms. The molecule has 2 fully saturated rings. The summed E-state index contributed by atoms with van der Waals surface area (Å²) in [4.78, 5) is 14.0. The van der Waals surface area contributed by atoms with Crippen LogP contribution in [0.25, 0.3) is 0 Å². The highest BCUT2D eigenvalue weighted by atomic mass is 16.1. The number of carbonyl (C=O) groups excluding carboxylic acids is 1. The van der Waals surface area contributed by atoms with Gasteiger partial charge in [0.15, 0.2) is 0 Å². The number of amides is 1. The summed E-state index contributed by atoms with van der Waals surface area (Å²) >= 11 is 0. The molecule has 2 heterocycles. The lowest BCUT2D eigenvalue weighted by Gasteiger charge is -2.36. The molecule has 2 aliphatic rings. The number of nitrogens with zero attached hydrogens (tertiary/aromatic N) is 1. The number of nitrogens with two attached hydrogens (primary N) is 1. The van der Waals surface area contributed by atoms with E-state index in [4.69, 9.17) is 5.73 Å². The summed E-state index contributed by atoms with van der Waals surface area (Å²) in [6, 6.07) is 7.00. The molecule has 0 aromatic heterocycles. The number of nitrogens with one attached hydrogen (secondary N) is 1. The first kappa shape index (κ1) is 13.4. The molecular formula is C16H23N3O. The third-order valence-electron chi connectivity index (χ3n) is 4.78. The van der Waals surface area contributed by atoms with Gasteiger partial charge < -0.3 is 16.0 Å². The van der Waals surface area contributed by atoms with Gasteiger partial charge in [-0.15, -0.1) is 0 Å². The average molecular weight is 273 g/mol. The molecule has 1 aromatic carbocycles. The number of anilines is 1. The zero-order chi connectivity index (χ0) is 14.1. The molecule has 0 radical (unpaired) electrons. The van der Waals surface area contributed by atoms with Crippen molar-refractivity contribution in [1.29, 1.82) is 0 Å². The maximum Gasteiger partial charge on any atom is 0.249 e. The SMILES string of the molecule is Cc1c(NC2CCN3CCCC3C2)cccc1C(N)=O.